The lowest BCUT2D eigenvalue weighted by Crippen LogP contribution is -2.41. The van der Waals surface area contributed by atoms with Crippen molar-refractivity contribution in [2.45, 2.75) is 26.9 Å². The molecule has 1 rings (SSSR count). The Kier molecular flexibility index (Phi) is 6.12. The van der Waals surface area contributed by atoms with Crippen molar-refractivity contribution in [2.75, 3.05) is 19.7 Å². The van der Waals surface area contributed by atoms with Crippen molar-refractivity contribution >= 4 is 17.5 Å². The second-order valence-corrected chi connectivity index (χ2v) is 4.74. The van der Waals surface area contributed by atoms with Gasteiger partial charge in [-0.1, -0.05) is 17.7 Å². The highest BCUT2D eigenvalue weighted by atomic mass is 35.5. The summed E-state index contributed by atoms with van der Waals surface area (Å²) in [6.07, 6.45) is -0.634. The maximum Gasteiger partial charge on any atom is 0.263 e. The number of halogens is 1. The van der Waals surface area contributed by atoms with Crippen LogP contribution in [-0.2, 0) is 4.79 Å². The molecule has 0 aliphatic heterocycles. The molecular weight excluding hydrogens is 266 g/mol. The van der Waals surface area contributed by atoms with Crippen LogP contribution in [-0.4, -0.2) is 41.7 Å². The number of ether oxygens (including phenoxy) is 1. The predicted molar refractivity (Wildman–Crippen MR) is 75.6 cm³/mol. The van der Waals surface area contributed by atoms with Gasteiger partial charge in [0, 0.05) is 13.1 Å². The van der Waals surface area contributed by atoms with Crippen molar-refractivity contribution in [2.24, 2.45) is 0 Å². The van der Waals surface area contributed by atoms with Crippen LogP contribution in [0.15, 0.2) is 18.2 Å². The van der Waals surface area contributed by atoms with Crippen molar-refractivity contribution in [3.05, 3.63) is 28.8 Å². The lowest BCUT2D eigenvalue weighted by atomic mass is 10.2. The minimum atomic E-state index is -0.634. The van der Waals surface area contributed by atoms with E-state index in [9.17, 15) is 4.79 Å². The van der Waals surface area contributed by atoms with E-state index in [0.29, 0.717) is 23.9 Å². The Morgan fingerprint density at radius 3 is 2.79 bits per heavy atom. The van der Waals surface area contributed by atoms with Crippen molar-refractivity contribution in [3.63, 3.8) is 0 Å². The molecule has 0 bridgehead atoms. The van der Waals surface area contributed by atoms with Crippen molar-refractivity contribution in [1.29, 1.82) is 0 Å². The molecule has 4 nitrogen and oxygen atoms in total. The third-order valence-electron chi connectivity index (χ3n) is 2.80. The molecule has 0 saturated carbocycles. The van der Waals surface area contributed by atoms with Crippen LogP contribution in [0.3, 0.4) is 0 Å². The summed E-state index contributed by atoms with van der Waals surface area (Å²) in [6.45, 7) is 6.26. The molecule has 0 unspecified atom stereocenters. The number of aliphatic hydroxyl groups is 1. The van der Waals surface area contributed by atoms with Crippen molar-refractivity contribution < 1.29 is 14.6 Å². The zero-order chi connectivity index (χ0) is 14.4. The number of nitrogens with zero attached hydrogens (tertiary/aromatic N) is 1. The summed E-state index contributed by atoms with van der Waals surface area (Å²) in [6, 6.07) is 5.43. The number of benzene rings is 1. The normalized spacial score (nSPS) is 12.1. The van der Waals surface area contributed by atoms with Gasteiger partial charge >= 0.3 is 0 Å². The Morgan fingerprint density at radius 1 is 1.53 bits per heavy atom. The highest BCUT2D eigenvalue weighted by Gasteiger charge is 2.21. The van der Waals surface area contributed by atoms with E-state index in [2.05, 4.69) is 0 Å². The highest BCUT2D eigenvalue weighted by molar-refractivity contribution is 6.32. The Labute approximate surface area is 118 Å². The molecule has 0 aromatic heterocycles. The van der Waals surface area contributed by atoms with Crippen LogP contribution in [0.1, 0.15) is 19.4 Å². The van der Waals surface area contributed by atoms with Gasteiger partial charge in [-0.05, 0) is 38.5 Å². The first-order chi connectivity index (χ1) is 8.99. The minimum Gasteiger partial charge on any atom is -0.479 e. The molecule has 0 fully saturated rings. The average Bonchev–Trinajstić information content (AvgIpc) is 2.39. The number of carbonyl (C=O) groups is 1. The Bertz CT molecular complexity index is 437. The van der Waals surface area contributed by atoms with Gasteiger partial charge in [-0.15, -0.1) is 0 Å². The van der Waals surface area contributed by atoms with E-state index in [1.54, 1.807) is 24.0 Å². The molecule has 0 aliphatic rings. The van der Waals surface area contributed by atoms with Gasteiger partial charge < -0.3 is 14.7 Å². The smallest absolute Gasteiger partial charge is 0.263 e. The number of likely N-dealkylation sites (N-methyl/N-ethyl adjacent to an activating group) is 1. The van der Waals surface area contributed by atoms with Crippen molar-refractivity contribution in [3.8, 4) is 5.75 Å². The zero-order valence-electron chi connectivity index (χ0n) is 11.5. The van der Waals surface area contributed by atoms with Crippen LogP contribution in [0.2, 0.25) is 5.02 Å². The largest absolute Gasteiger partial charge is 0.479 e. The van der Waals surface area contributed by atoms with E-state index in [-0.39, 0.29) is 12.5 Å². The maximum absolute atomic E-state index is 12.1. The standard InChI is InChI=1S/C14H20ClNO3/c1-4-16(7-8-17)14(18)11(3)19-13-9-10(2)5-6-12(13)15/h5-6,9,11,17H,4,7-8H2,1-3H3/t11-/m1/s1. The molecule has 0 spiro atoms. The fraction of sp³-hybridized carbons (Fsp3) is 0.500. The molecular formula is C14H20ClNO3. The average molecular weight is 286 g/mol. The van der Waals surface area contributed by atoms with E-state index in [1.807, 2.05) is 19.9 Å². The van der Waals surface area contributed by atoms with Gasteiger partial charge in [-0.2, -0.15) is 0 Å². The first-order valence-corrected chi connectivity index (χ1v) is 6.69. The second kappa shape index (κ2) is 7.36. The number of aryl methyl sites for hydroxylation is 1. The molecule has 1 atom stereocenters. The van der Waals surface area contributed by atoms with Gasteiger partial charge in [0.05, 0.1) is 11.6 Å². The molecule has 5 heteroatoms. The van der Waals surface area contributed by atoms with Crippen LogP contribution >= 0.6 is 11.6 Å². The van der Waals surface area contributed by atoms with Crippen LogP contribution in [0.25, 0.3) is 0 Å². The summed E-state index contributed by atoms with van der Waals surface area (Å²) >= 11 is 6.03. The number of hydrogen-bond donors (Lipinski definition) is 1. The molecule has 1 aromatic carbocycles. The molecule has 0 aliphatic carbocycles. The summed E-state index contributed by atoms with van der Waals surface area (Å²) < 4.78 is 5.61. The Morgan fingerprint density at radius 2 is 2.21 bits per heavy atom. The summed E-state index contributed by atoms with van der Waals surface area (Å²) in [5.41, 5.74) is 1.02. The van der Waals surface area contributed by atoms with E-state index >= 15 is 0 Å². The summed E-state index contributed by atoms with van der Waals surface area (Å²) in [5.74, 6) is 0.344. The van der Waals surface area contributed by atoms with Crippen LogP contribution in [0.4, 0.5) is 0 Å². The molecule has 0 saturated heterocycles. The van der Waals surface area contributed by atoms with Crippen LogP contribution in [0.5, 0.6) is 5.75 Å². The topological polar surface area (TPSA) is 49.8 Å². The van der Waals surface area contributed by atoms with Crippen LogP contribution in [0, 0.1) is 6.92 Å². The SMILES string of the molecule is CCN(CCO)C(=O)[C@@H](C)Oc1cc(C)ccc1Cl. The summed E-state index contributed by atoms with van der Waals surface area (Å²) in [7, 11) is 0. The zero-order valence-corrected chi connectivity index (χ0v) is 12.3. The molecule has 19 heavy (non-hydrogen) atoms. The van der Waals surface area contributed by atoms with Gasteiger partial charge in [-0.3, -0.25) is 4.79 Å². The monoisotopic (exact) mass is 285 g/mol. The molecule has 1 N–H and O–H groups in total. The quantitative estimate of drug-likeness (QED) is 0.872. The van der Waals surface area contributed by atoms with Crippen LogP contribution < -0.4 is 4.74 Å². The fourth-order valence-electron chi connectivity index (χ4n) is 1.74. The molecule has 0 heterocycles. The number of hydrogen-bond acceptors (Lipinski definition) is 3. The van der Waals surface area contributed by atoms with E-state index in [4.69, 9.17) is 21.4 Å². The minimum absolute atomic E-state index is 0.0580. The third kappa shape index (κ3) is 4.40. The lowest BCUT2D eigenvalue weighted by Gasteiger charge is -2.24. The lowest BCUT2D eigenvalue weighted by molar-refractivity contribution is -0.138. The fourth-order valence-corrected chi connectivity index (χ4v) is 1.91. The van der Waals surface area contributed by atoms with Gasteiger partial charge in [0.25, 0.3) is 5.91 Å². The summed E-state index contributed by atoms with van der Waals surface area (Å²) in [4.78, 5) is 13.7. The molecule has 0 radical (unpaired) electrons. The highest BCUT2D eigenvalue weighted by Crippen LogP contribution is 2.26. The van der Waals surface area contributed by atoms with Gasteiger partial charge in [0.1, 0.15) is 5.75 Å². The van der Waals surface area contributed by atoms with Gasteiger partial charge in [0.15, 0.2) is 6.10 Å². The second-order valence-electron chi connectivity index (χ2n) is 4.34. The predicted octanol–water partition coefficient (Wildman–Crippen LogP) is 2.26. The number of aliphatic hydroxyl groups excluding tert-OH is 1. The first-order valence-electron chi connectivity index (χ1n) is 6.32. The Hall–Kier alpha value is -1.26. The maximum atomic E-state index is 12.1. The number of carbonyl (C=O) groups excluding carboxylic acids is 1. The van der Waals surface area contributed by atoms with E-state index in [0.717, 1.165) is 5.56 Å². The molecule has 1 amide bonds. The summed E-state index contributed by atoms with van der Waals surface area (Å²) in [5, 5.41) is 9.39. The van der Waals surface area contributed by atoms with Crippen molar-refractivity contribution in [1.82, 2.24) is 4.90 Å². The molecule has 106 valence electrons. The molecule has 1 aromatic rings. The number of rotatable bonds is 6. The van der Waals surface area contributed by atoms with E-state index < -0.39 is 6.10 Å². The first kappa shape index (κ1) is 15.8. The Balaban J connectivity index is 2.75. The number of amides is 1. The van der Waals surface area contributed by atoms with E-state index in [1.165, 1.54) is 0 Å². The third-order valence-corrected chi connectivity index (χ3v) is 3.11. The van der Waals surface area contributed by atoms with Gasteiger partial charge in [-0.25, -0.2) is 0 Å². The van der Waals surface area contributed by atoms with Gasteiger partial charge in [0.2, 0.25) is 0 Å².